The molecule has 0 spiro atoms. The zero-order chi connectivity index (χ0) is 11.8. The molecule has 2 saturated carbocycles. The molecule has 0 atom stereocenters. The third-order valence-electron chi connectivity index (χ3n) is 3.44. The van der Waals surface area contributed by atoms with Crippen LogP contribution in [0.4, 0.5) is 5.82 Å². The second-order valence-electron chi connectivity index (χ2n) is 5.00. The molecule has 0 saturated heterocycles. The van der Waals surface area contributed by atoms with Crippen LogP contribution >= 0.6 is 0 Å². The van der Waals surface area contributed by atoms with Crippen LogP contribution in [0.15, 0.2) is 12.4 Å². The molecule has 3 N–H and O–H groups in total. The summed E-state index contributed by atoms with van der Waals surface area (Å²) in [7, 11) is 0. The molecule has 0 aliphatic heterocycles. The number of hydrogen-bond acceptors (Lipinski definition) is 4. The van der Waals surface area contributed by atoms with Gasteiger partial charge in [-0.15, -0.1) is 0 Å². The van der Waals surface area contributed by atoms with Gasteiger partial charge in [-0.05, 0) is 37.5 Å². The minimum Gasteiger partial charge on any atom is -0.382 e. The molecular formula is C12H16N4O. The Morgan fingerprint density at radius 1 is 1.29 bits per heavy atom. The summed E-state index contributed by atoms with van der Waals surface area (Å²) in [5.41, 5.74) is 5.83. The smallest absolute Gasteiger partial charge is 0.271 e. The van der Waals surface area contributed by atoms with E-state index in [9.17, 15) is 4.79 Å². The quantitative estimate of drug-likeness (QED) is 0.810. The zero-order valence-electron chi connectivity index (χ0n) is 9.60. The molecule has 0 unspecified atom stereocenters. The lowest BCUT2D eigenvalue weighted by atomic mass is 10.1. The van der Waals surface area contributed by atoms with E-state index in [2.05, 4.69) is 15.3 Å². The van der Waals surface area contributed by atoms with Gasteiger partial charge in [-0.1, -0.05) is 0 Å². The van der Waals surface area contributed by atoms with E-state index in [0.29, 0.717) is 23.6 Å². The standard InChI is InChI=1S/C12H16N4O/c13-10-6-14-5-9(15-10)12(17)16-11(7-1-2-7)8-3-4-8/h5-8,11H,1-4H2,(H2,13,15)(H,16,17). The van der Waals surface area contributed by atoms with Crippen molar-refractivity contribution in [3.05, 3.63) is 18.1 Å². The van der Waals surface area contributed by atoms with E-state index in [-0.39, 0.29) is 11.7 Å². The highest BCUT2D eigenvalue weighted by molar-refractivity contribution is 5.92. The van der Waals surface area contributed by atoms with Gasteiger partial charge >= 0.3 is 0 Å². The summed E-state index contributed by atoms with van der Waals surface area (Å²) in [6.45, 7) is 0. The fourth-order valence-corrected chi connectivity index (χ4v) is 2.25. The third kappa shape index (κ3) is 2.38. The molecule has 5 heteroatoms. The van der Waals surface area contributed by atoms with Crippen LogP contribution in [-0.4, -0.2) is 21.9 Å². The number of aromatic nitrogens is 2. The van der Waals surface area contributed by atoms with Crippen molar-refractivity contribution in [2.75, 3.05) is 5.73 Å². The summed E-state index contributed by atoms with van der Waals surface area (Å²) in [5.74, 6) is 1.50. The number of anilines is 1. The molecule has 0 bridgehead atoms. The molecule has 2 fully saturated rings. The Labute approximate surface area is 99.8 Å². The highest BCUT2D eigenvalue weighted by atomic mass is 16.2. The van der Waals surface area contributed by atoms with E-state index in [1.54, 1.807) is 0 Å². The van der Waals surface area contributed by atoms with Crippen molar-refractivity contribution in [3.8, 4) is 0 Å². The molecule has 3 rings (SSSR count). The summed E-state index contributed by atoms with van der Waals surface area (Å²) < 4.78 is 0. The molecule has 1 heterocycles. The van der Waals surface area contributed by atoms with Gasteiger partial charge in [-0.3, -0.25) is 9.78 Å². The van der Waals surface area contributed by atoms with Crippen LogP contribution < -0.4 is 11.1 Å². The molecule has 1 aromatic rings. The minimum absolute atomic E-state index is 0.145. The Hall–Kier alpha value is -1.65. The molecule has 1 amide bonds. The van der Waals surface area contributed by atoms with E-state index in [0.717, 1.165) is 0 Å². The van der Waals surface area contributed by atoms with Crippen molar-refractivity contribution in [2.45, 2.75) is 31.7 Å². The molecule has 90 valence electrons. The summed E-state index contributed by atoms with van der Waals surface area (Å²) in [5, 5.41) is 3.09. The van der Waals surface area contributed by atoms with Crippen LogP contribution in [0.1, 0.15) is 36.2 Å². The normalized spacial score (nSPS) is 19.4. The number of carbonyl (C=O) groups excluding carboxylic acids is 1. The lowest BCUT2D eigenvalue weighted by Crippen LogP contribution is -2.38. The largest absolute Gasteiger partial charge is 0.382 e. The predicted octanol–water partition coefficient (Wildman–Crippen LogP) is 0.977. The Bertz CT molecular complexity index is 428. The van der Waals surface area contributed by atoms with Crippen molar-refractivity contribution in [2.24, 2.45) is 11.8 Å². The van der Waals surface area contributed by atoms with Gasteiger partial charge < -0.3 is 11.1 Å². The number of nitrogen functional groups attached to an aromatic ring is 1. The van der Waals surface area contributed by atoms with Crippen molar-refractivity contribution >= 4 is 11.7 Å². The Morgan fingerprint density at radius 2 is 1.94 bits per heavy atom. The van der Waals surface area contributed by atoms with Crippen LogP contribution in [0.2, 0.25) is 0 Å². The van der Waals surface area contributed by atoms with E-state index in [4.69, 9.17) is 5.73 Å². The van der Waals surface area contributed by atoms with Crippen LogP contribution in [0.25, 0.3) is 0 Å². The second-order valence-corrected chi connectivity index (χ2v) is 5.00. The Balaban J connectivity index is 1.69. The number of amides is 1. The number of nitrogens with zero attached hydrogens (tertiary/aromatic N) is 2. The summed E-state index contributed by atoms with van der Waals surface area (Å²) in [6.07, 6.45) is 7.86. The van der Waals surface area contributed by atoms with Crippen LogP contribution in [0.3, 0.4) is 0 Å². The first-order valence-corrected chi connectivity index (χ1v) is 6.12. The number of hydrogen-bond donors (Lipinski definition) is 2. The first-order chi connectivity index (χ1) is 8.24. The molecule has 2 aliphatic rings. The van der Waals surface area contributed by atoms with Crippen LogP contribution in [0, 0.1) is 11.8 Å². The molecule has 2 aliphatic carbocycles. The number of rotatable bonds is 4. The summed E-state index contributed by atoms with van der Waals surface area (Å²) in [6, 6.07) is 0.339. The van der Waals surface area contributed by atoms with E-state index in [1.165, 1.54) is 38.1 Å². The van der Waals surface area contributed by atoms with Gasteiger partial charge in [-0.2, -0.15) is 0 Å². The number of nitrogens with one attached hydrogen (secondary N) is 1. The van der Waals surface area contributed by atoms with Gasteiger partial charge in [0.15, 0.2) is 0 Å². The SMILES string of the molecule is Nc1cncc(C(=O)NC(C2CC2)C2CC2)n1. The van der Waals surface area contributed by atoms with Crippen molar-refractivity contribution < 1.29 is 4.79 Å². The fraction of sp³-hybridized carbons (Fsp3) is 0.583. The Kier molecular flexibility index (Phi) is 2.46. The average Bonchev–Trinajstić information content (AvgIpc) is 3.16. The first-order valence-electron chi connectivity index (χ1n) is 6.12. The molecule has 17 heavy (non-hydrogen) atoms. The number of nitrogens with two attached hydrogens (primary N) is 1. The van der Waals surface area contributed by atoms with E-state index < -0.39 is 0 Å². The average molecular weight is 232 g/mol. The van der Waals surface area contributed by atoms with Gasteiger partial charge in [-0.25, -0.2) is 4.98 Å². The van der Waals surface area contributed by atoms with Gasteiger partial charge in [0.1, 0.15) is 11.5 Å². The van der Waals surface area contributed by atoms with Gasteiger partial charge in [0.2, 0.25) is 0 Å². The van der Waals surface area contributed by atoms with Crippen molar-refractivity contribution in [3.63, 3.8) is 0 Å². The maximum absolute atomic E-state index is 12.0. The highest BCUT2D eigenvalue weighted by Gasteiger charge is 2.42. The molecule has 0 radical (unpaired) electrons. The maximum atomic E-state index is 12.0. The van der Waals surface area contributed by atoms with E-state index in [1.807, 2.05) is 0 Å². The lowest BCUT2D eigenvalue weighted by Gasteiger charge is -2.17. The second kappa shape index (κ2) is 3.98. The number of carbonyl (C=O) groups is 1. The maximum Gasteiger partial charge on any atom is 0.271 e. The zero-order valence-corrected chi connectivity index (χ0v) is 9.60. The van der Waals surface area contributed by atoms with Crippen LogP contribution in [0.5, 0.6) is 0 Å². The molecular weight excluding hydrogens is 216 g/mol. The summed E-state index contributed by atoms with van der Waals surface area (Å²) in [4.78, 5) is 19.9. The topological polar surface area (TPSA) is 80.9 Å². The fourth-order valence-electron chi connectivity index (χ4n) is 2.25. The monoisotopic (exact) mass is 232 g/mol. The van der Waals surface area contributed by atoms with Crippen molar-refractivity contribution in [1.29, 1.82) is 0 Å². The van der Waals surface area contributed by atoms with Gasteiger partial charge in [0.05, 0.1) is 12.4 Å². The third-order valence-corrected chi connectivity index (χ3v) is 3.44. The molecule has 1 aromatic heterocycles. The van der Waals surface area contributed by atoms with Gasteiger partial charge in [0, 0.05) is 6.04 Å². The van der Waals surface area contributed by atoms with E-state index >= 15 is 0 Å². The van der Waals surface area contributed by atoms with Gasteiger partial charge in [0.25, 0.3) is 5.91 Å². The molecule has 5 nitrogen and oxygen atoms in total. The highest BCUT2D eigenvalue weighted by Crippen LogP contribution is 2.44. The first kappa shape index (κ1) is 10.5. The lowest BCUT2D eigenvalue weighted by molar-refractivity contribution is 0.0921. The van der Waals surface area contributed by atoms with Crippen LogP contribution in [-0.2, 0) is 0 Å². The Morgan fingerprint density at radius 3 is 2.47 bits per heavy atom. The summed E-state index contributed by atoms with van der Waals surface area (Å²) >= 11 is 0. The van der Waals surface area contributed by atoms with Crippen molar-refractivity contribution in [1.82, 2.24) is 15.3 Å². The predicted molar refractivity (Wildman–Crippen MR) is 63.1 cm³/mol. The molecule has 0 aromatic carbocycles. The minimum atomic E-state index is -0.145.